The second kappa shape index (κ2) is 9.12. The van der Waals surface area contributed by atoms with E-state index >= 15 is 0 Å². The Morgan fingerprint density at radius 2 is 2.15 bits per heavy atom. The van der Waals surface area contributed by atoms with Gasteiger partial charge in [0.15, 0.2) is 5.69 Å². The summed E-state index contributed by atoms with van der Waals surface area (Å²) in [5, 5.41) is 15.3. The molecule has 0 saturated carbocycles. The van der Waals surface area contributed by atoms with Crippen LogP contribution in [0, 0.1) is 0 Å². The molecule has 1 aliphatic heterocycles. The topological polar surface area (TPSA) is 75.1 Å². The highest BCUT2D eigenvalue weighted by Crippen LogP contribution is 2.18. The lowest BCUT2D eigenvalue weighted by Gasteiger charge is -2.27. The molecule has 1 aliphatic rings. The molecule has 0 aliphatic carbocycles. The van der Waals surface area contributed by atoms with Crippen molar-refractivity contribution in [3.05, 3.63) is 40.7 Å². The number of halogens is 1. The number of aromatic nitrogens is 3. The van der Waals surface area contributed by atoms with Crippen LogP contribution in [-0.2, 0) is 6.42 Å². The van der Waals surface area contributed by atoms with Gasteiger partial charge in [-0.15, -0.1) is 5.10 Å². The Bertz CT molecular complexity index is 741. The number of rotatable bonds is 7. The molecule has 0 radical (unpaired) electrons. The van der Waals surface area contributed by atoms with Gasteiger partial charge in [-0.3, -0.25) is 9.69 Å². The first-order valence-corrected chi connectivity index (χ1v) is 9.48. The van der Waals surface area contributed by atoms with Crippen molar-refractivity contribution in [1.29, 1.82) is 0 Å². The molecular formula is C18H25ClN6O. The zero-order valence-electron chi connectivity index (χ0n) is 15.0. The lowest BCUT2D eigenvalue weighted by molar-refractivity contribution is 0.0941. The number of hydrogen-bond acceptors (Lipinski definition) is 5. The maximum Gasteiger partial charge on any atom is 0.273 e. The van der Waals surface area contributed by atoms with Crippen LogP contribution >= 0.6 is 11.6 Å². The fourth-order valence-corrected chi connectivity index (χ4v) is 3.28. The summed E-state index contributed by atoms with van der Waals surface area (Å²) in [7, 11) is 0. The van der Waals surface area contributed by atoms with Crippen LogP contribution < -0.4 is 10.6 Å². The van der Waals surface area contributed by atoms with E-state index in [0.29, 0.717) is 17.3 Å². The Hall–Kier alpha value is -1.96. The van der Waals surface area contributed by atoms with Crippen LogP contribution in [0.5, 0.6) is 0 Å². The summed E-state index contributed by atoms with van der Waals surface area (Å²) in [4.78, 5) is 14.9. The monoisotopic (exact) mass is 376 g/mol. The van der Waals surface area contributed by atoms with Gasteiger partial charge < -0.3 is 10.6 Å². The Kier molecular flexibility index (Phi) is 6.60. The fourth-order valence-electron chi connectivity index (χ4n) is 3.10. The highest BCUT2D eigenvalue weighted by Gasteiger charge is 2.20. The lowest BCUT2D eigenvalue weighted by atomic mass is 10.2. The smallest absolute Gasteiger partial charge is 0.273 e. The summed E-state index contributed by atoms with van der Waals surface area (Å²) in [6, 6.07) is 7.40. The molecule has 7 nitrogen and oxygen atoms in total. The summed E-state index contributed by atoms with van der Waals surface area (Å²) >= 11 is 6.09. The number of carbonyl (C=O) groups excluding carboxylic acids is 1. The largest absolute Gasteiger partial charge is 0.349 e. The van der Waals surface area contributed by atoms with E-state index in [4.69, 9.17) is 11.6 Å². The average Bonchev–Trinajstić information content (AvgIpc) is 3.07. The minimum atomic E-state index is -0.170. The van der Waals surface area contributed by atoms with E-state index in [0.717, 1.165) is 56.9 Å². The van der Waals surface area contributed by atoms with Gasteiger partial charge in [-0.25, -0.2) is 4.68 Å². The molecule has 1 saturated heterocycles. The van der Waals surface area contributed by atoms with E-state index in [1.165, 1.54) is 0 Å². The molecule has 3 rings (SSSR count). The SMILES string of the molecule is CCCc1c(C(=O)NCCN2CCNCC2)nnn1-c1cccc(Cl)c1. The van der Waals surface area contributed by atoms with Crippen LogP contribution in [0.4, 0.5) is 0 Å². The first kappa shape index (κ1) is 18.8. The van der Waals surface area contributed by atoms with Crippen molar-refractivity contribution in [3.8, 4) is 5.69 Å². The third-order valence-electron chi connectivity index (χ3n) is 4.44. The molecule has 26 heavy (non-hydrogen) atoms. The molecule has 0 spiro atoms. The van der Waals surface area contributed by atoms with E-state index in [1.807, 2.05) is 24.3 Å². The normalized spacial score (nSPS) is 15.2. The van der Waals surface area contributed by atoms with Gasteiger partial charge in [0.2, 0.25) is 0 Å². The van der Waals surface area contributed by atoms with Crippen molar-refractivity contribution in [2.45, 2.75) is 19.8 Å². The number of hydrogen-bond donors (Lipinski definition) is 2. The molecule has 0 atom stereocenters. The molecule has 140 valence electrons. The molecule has 2 N–H and O–H groups in total. The molecule has 0 unspecified atom stereocenters. The zero-order valence-corrected chi connectivity index (χ0v) is 15.8. The van der Waals surface area contributed by atoms with E-state index in [1.54, 1.807) is 4.68 Å². The van der Waals surface area contributed by atoms with Gasteiger partial charge in [0, 0.05) is 44.3 Å². The first-order chi connectivity index (χ1) is 12.7. The molecule has 2 heterocycles. The van der Waals surface area contributed by atoms with E-state index < -0.39 is 0 Å². The Morgan fingerprint density at radius 3 is 2.88 bits per heavy atom. The zero-order chi connectivity index (χ0) is 18.4. The van der Waals surface area contributed by atoms with Crippen molar-refractivity contribution < 1.29 is 4.79 Å². The van der Waals surface area contributed by atoms with Crippen LogP contribution in [0.3, 0.4) is 0 Å². The molecule has 0 bridgehead atoms. The summed E-state index contributed by atoms with van der Waals surface area (Å²) in [5.74, 6) is -0.170. The third kappa shape index (κ3) is 4.60. The van der Waals surface area contributed by atoms with Crippen molar-refractivity contribution in [1.82, 2.24) is 30.5 Å². The van der Waals surface area contributed by atoms with Crippen LogP contribution in [0.25, 0.3) is 5.69 Å². The number of benzene rings is 1. The van der Waals surface area contributed by atoms with E-state index in [2.05, 4.69) is 32.8 Å². The van der Waals surface area contributed by atoms with Crippen molar-refractivity contribution in [3.63, 3.8) is 0 Å². The Labute approximate surface area is 158 Å². The standard InChI is InChI=1S/C18H25ClN6O/c1-2-4-16-17(18(26)21-9-12-24-10-7-20-8-11-24)22-23-25(16)15-6-3-5-14(19)13-15/h3,5-6,13,20H,2,4,7-12H2,1H3,(H,21,26). The quantitative estimate of drug-likeness (QED) is 0.766. The number of carbonyl (C=O) groups is 1. The predicted molar refractivity (Wildman–Crippen MR) is 102 cm³/mol. The number of amides is 1. The second-order valence-corrected chi connectivity index (χ2v) is 6.81. The molecule has 1 aromatic carbocycles. The van der Waals surface area contributed by atoms with Crippen molar-refractivity contribution >= 4 is 17.5 Å². The van der Waals surface area contributed by atoms with Crippen molar-refractivity contribution in [2.75, 3.05) is 39.3 Å². The van der Waals surface area contributed by atoms with Gasteiger partial charge in [-0.05, 0) is 24.6 Å². The van der Waals surface area contributed by atoms with Crippen molar-refractivity contribution in [2.24, 2.45) is 0 Å². The van der Waals surface area contributed by atoms with Crippen LogP contribution in [0.1, 0.15) is 29.5 Å². The maximum absolute atomic E-state index is 12.6. The third-order valence-corrected chi connectivity index (χ3v) is 4.68. The number of nitrogens with one attached hydrogen (secondary N) is 2. The molecule has 2 aromatic rings. The van der Waals surface area contributed by atoms with Gasteiger partial charge in [-0.2, -0.15) is 0 Å². The summed E-state index contributed by atoms with van der Waals surface area (Å²) in [5.41, 5.74) is 2.02. The molecule has 8 heteroatoms. The summed E-state index contributed by atoms with van der Waals surface area (Å²) in [6.07, 6.45) is 1.62. The Morgan fingerprint density at radius 1 is 1.35 bits per heavy atom. The first-order valence-electron chi connectivity index (χ1n) is 9.11. The minimum absolute atomic E-state index is 0.170. The van der Waals surface area contributed by atoms with Crippen LogP contribution in [0.2, 0.25) is 5.02 Å². The maximum atomic E-state index is 12.6. The molecule has 1 fully saturated rings. The highest BCUT2D eigenvalue weighted by atomic mass is 35.5. The van der Waals surface area contributed by atoms with Gasteiger partial charge >= 0.3 is 0 Å². The second-order valence-electron chi connectivity index (χ2n) is 6.37. The Balaban J connectivity index is 1.69. The number of nitrogens with zero attached hydrogens (tertiary/aromatic N) is 4. The molecule has 1 aromatic heterocycles. The van der Waals surface area contributed by atoms with Gasteiger partial charge in [-0.1, -0.05) is 36.2 Å². The lowest BCUT2D eigenvalue weighted by Crippen LogP contribution is -2.46. The minimum Gasteiger partial charge on any atom is -0.349 e. The predicted octanol–water partition coefficient (Wildman–Crippen LogP) is 1.51. The summed E-state index contributed by atoms with van der Waals surface area (Å²) < 4.78 is 1.71. The van der Waals surface area contributed by atoms with E-state index in [9.17, 15) is 4.79 Å². The van der Waals surface area contributed by atoms with Crippen LogP contribution in [-0.4, -0.2) is 65.1 Å². The average molecular weight is 377 g/mol. The number of piperazine rings is 1. The molecule has 1 amide bonds. The summed E-state index contributed by atoms with van der Waals surface area (Å²) in [6.45, 7) is 7.56. The fraction of sp³-hybridized carbons (Fsp3) is 0.500. The molecular weight excluding hydrogens is 352 g/mol. The van der Waals surface area contributed by atoms with Gasteiger partial charge in [0.25, 0.3) is 5.91 Å². The van der Waals surface area contributed by atoms with Gasteiger partial charge in [0.1, 0.15) is 0 Å². The van der Waals surface area contributed by atoms with E-state index in [-0.39, 0.29) is 5.91 Å². The van der Waals surface area contributed by atoms with Gasteiger partial charge in [0.05, 0.1) is 11.4 Å². The highest BCUT2D eigenvalue weighted by molar-refractivity contribution is 6.30. The van der Waals surface area contributed by atoms with Crippen LogP contribution in [0.15, 0.2) is 24.3 Å².